The third kappa shape index (κ3) is 5.40. The van der Waals surface area contributed by atoms with E-state index in [9.17, 15) is 9.59 Å². The minimum Gasteiger partial charge on any atom is -0.349 e. The molecule has 1 aromatic carbocycles. The van der Waals surface area contributed by atoms with Crippen molar-refractivity contribution in [3.63, 3.8) is 0 Å². The zero-order valence-electron chi connectivity index (χ0n) is 17.3. The normalized spacial score (nSPS) is 12.3. The fraction of sp³-hybridized carbons (Fsp3) is 0.364. The van der Waals surface area contributed by atoms with Gasteiger partial charge < -0.3 is 5.32 Å². The van der Waals surface area contributed by atoms with Gasteiger partial charge in [0.2, 0.25) is 5.91 Å². The summed E-state index contributed by atoms with van der Waals surface area (Å²) < 4.78 is 1.64. The molecule has 8 heteroatoms. The fourth-order valence-electron chi connectivity index (χ4n) is 3.15. The van der Waals surface area contributed by atoms with Crippen molar-refractivity contribution >= 4 is 40.3 Å². The summed E-state index contributed by atoms with van der Waals surface area (Å²) in [5, 5.41) is 4.71. The Labute approximate surface area is 185 Å². The monoisotopic (exact) mass is 444 g/mol. The maximum absolute atomic E-state index is 12.9. The molecule has 0 saturated carbocycles. The Morgan fingerprint density at radius 2 is 1.97 bits per heavy atom. The maximum Gasteiger partial charge on any atom is 0.263 e. The van der Waals surface area contributed by atoms with Crippen LogP contribution in [0.25, 0.3) is 11.0 Å². The van der Waals surface area contributed by atoms with Gasteiger partial charge in [0, 0.05) is 17.8 Å². The van der Waals surface area contributed by atoms with Gasteiger partial charge >= 0.3 is 0 Å². The first-order valence-electron chi connectivity index (χ1n) is 9.92. The van der Waals surface area contributed by atoms with Crippen molar-refractivity contribution in [1.29, 1.82) is 0 Å². The number of nitrogens with one attached hydrogen (secondary N) is 1. The molecule has 2 aromatic heterocycles. The molecule has 0 bridgehead atoms. The molecule has 0 aliphatic carbocycles. The first-order chi connectivity index (χ1) is 14.4. The summed E-state index contributed by atoms with van der Waals surface area (Å²) in [6, 6.07) is 10.8. The van der Waals surface area contributed by atoms with E-state index in [-0.39, 0.29) is 29.2 Å². The molecular formula is C22H25ClN4O2S. The zero-order valence-corrected chi connectivity index (χ0v) is 18.8. The number of halogens is 1. The van der Waals surface area contributed by atoms with Gasteiger partial charge in [-0.05, 0) is 42.2 Å². The van der Waals surface area contributed by atoms with Gasteiger partial charge in [0.15, 0.2) is 10.8 Å². The van der Waals surface area contributed by atoms with E-state index in [1.165, 1.54) is 11.8 Å². The molecular weight excluding hydrogens is 420 g/mol. The SMILES string of the molecule is CC[C@H](NC(=O)CSc1nc2ncccc2c(=O)n1CC(C)C)c1ccc(Cl)cc1. The highest BCUT2D eigenvalue weighted by molar-refractivity contribution is 7.99. The molecule has 1 N–H and O–H groups in total. The lowest BCUT2D eigenvalue weighted by molar-refractivity contribution is -0.119. The van der Waals surface area contributed by atoms with Gasteiger partial charge in [-0.2, -0.15) is 0 Å². The summed E-state index contributed by atoms with van der Waals surface area (Å²) in [4.78, 5) is 34.3. The van der Waals surface area contributed by atoms with E-state index >= 15 is 0 Å². The largest absolute Gasteiger partial charge is 0.349 e. The van der Waals surface area contributed by atoms with Crippen molar-refractivity contribution in [3.8, 4) is 0 Å². The van der Waals surface area contributed by atoms with Gasteiger partial charge in [0.25, 0.3) is 5.56 Å². The molecule has 1 amide bonds. The van der Waals surface area contributed by atoms with E-state index in [0.717, 1.165) is 12.0 Å². The average Bonchev–Trinajstić information content (AvgIpc) is 2.73. The van der Waals surface area contributed by atoms with Crippen LogP contribution in [0.2, 0.25) is 5.02 Å². The number of rotatable bonds is 8. The summed E-state index contributed by atoms with van der Waals surface area (Å²) in [5.41, 5.74) is 1.28. The maximum atomic E-state index is 12.9. The molecule has 30 heavy (non-hydrogen) atoms. The van der Waals surface area contributed by atoms with Crippen LogP contribution in [-0.2, 0) is 11.3 Å². The fourth-order valence-corrected chi connectivity index (χ4v) is 4.09. The Morgan fingerprint density at radius 3 is 2.63 bits per heavy atom. The van der Waals surface area contributed by atoms with E-state index < -0.39 is 0 Å². The number of carbonyl (C=O) groups is 1. The Morgan fingerprint density at radius 1 is 1.23 bits per heavy atom. The van der Waals surface area contributed by atoms with Crippen molar-refractivity contribution in [3.05, 3.63) is 63.5 Å². The summed E-state index contributed by atoms with van der Waals surface area (Å²) >= 11 is 7.21. The second-order valence-corrected chi connectivity index (χ2v) is 8.83. The quantitative estimate of drug-likeness (QED) is 0.410. The molecule has 6 nitrogen and oxygen atoms in total. The van der Waals surface area contributed by atoms with E-state index in [4.69, 9.17) is 11.6 Å². The molecule has 0 aliphatic rings. The molecule has 3 rings (SSSR count). The number of nitrogens with zero attached hydrogens (tertiary/aromatic N) is 3. The first kappa shape index (κ1) is 22.3. The van der Waals surface area contributed by atoms with Crippen LogP contribution in [0.1, 0.15) is 38.8 Å². The van der Waals surface area contributed by atoms with Crippen LogP contribution in [0.4, 0.5) is 0 Å². The number of amides is 1. The van der Waals surface area contributed by atoms with Gasteiger partial charge in [-0.25, -0.2) is 9.97 Å². The van der Waals surface area contributed by atoms with Crippen LogP contribution in [0.5, 0.6) is 0 Å². The van der Waals surface area contributed by atoms with Crippen LogP contribution in [0.15, 0.2) is 52.5 Å². The highest BCUT2D eigenvalue weighted by atomic mass is 35.5. The Bertz CT molecular complexity index is 1080. The van der Waals surface area contributed by atoms with Crippen molar-refractivity contribution in [2.75, 3.05) is 5.75 Å². The first-order valence-corrected chi connectivity index (χ1v) is 11.3. The van der Waals surface area contributed by atoms with Crippen LogP contribution in [0, 0.1) is 5.92 Å². The van der Waals surface area contributed by atoms with E-state index in [0.29, 0.717) is 27.8 Å². The molecule has 0 unspecified atom stereocenters. The summed E-state index contributed by atoms with van der Waals surface area (Å²) in [6.07, 6.45) is 2.37. The third-order valence-corrected chi connectivity index (χ3v) is 5.82. The van der Waals surface area contributed by atoms with Gasteiger partial charge in [-0.3, -0.25) is 14.2 Å². The predicted octanol–water partition coefficient (Wildman–Crippen LogP) is 4.46. The standard InChI is InChI=1S/C22H25ClN4O2S/c1-4-18(15-7-9-16(23)10-8-15)25-19(28)13-30-22-26-20-17(6-5-11-24-20)21(29)27(22)12-14(2)3/h5-11,14,18H,4,12-13H2,1-3H3,(H,25,28)/t18-/m0/s1. The number of pyridine rings is 1. The number of hydrogen-bond acceptors (Lipinski definition) is 5. The van der Waals surface area contributed by atoms with Gasteiger partial charge in [0.05, 0.1) is 17.2 Å². The van der Waals surface area contributed by atoms with E-state index in [1.54, 1.807) is 22.9 Å². The van der Waals surface area contributed by atoms with Crippen LogP contribution < -0.4 is 10.9 Å². The highest BCUT2D eigenvalue weighted by Gasteiger charge is 2.17. The van der Waals surface area contributed by atoms with Crippen LogP contribution in [-0.4, -0.2) is 26.2 Å². The number of aromatic nitrogens is 3. The average molecular weight is 445 g/mol. The number of carbonyl (C=O) groups excluding carboxylic acids is 1. The molecule has 0 aliphatic heterocycles. The molecule has 0 spiro atoms. The van der Waals surface area contributed by atoms with Crippen LogP contribution >= 0.6 is 23.4 Å². The number of thioether (sulfide) groups is 1. The lowest BCUT2D eigenvalue weighted by Crippen LogP contribution is -2.30. The van der Waals surface area contributed by atoms with E-state index in [2.05, 4.69) is 15.3 Å². The van der Waals surface area contributed by atoms with Gasteiger partial charge in [-0.15, -0.1) is 0 Å². The number of benzene rings is 1. The molecule has 0 radical (unpaired) electrons. The summed E-state index contributed by atoms with van der Waals surface area (Å²) in [5.74, 6) is 0.307. The van der Waals surface area contributed by atoms with E-state index in [1.807, 2.05) is 45.0 Å². The second kappa shape index (κ2) is 10.1. The smallest absolute Gasteiger partial charge is 0.263 e. The minimum atomic E-state index is -0.127. The lowest BCUT2D eigenvalue weighted by atomic mass is 10.0. The molecule has 158 valence electrons. The summed E-state index contributed by atoms with van der Waals surface area (Å²) in [6.45, 7) is 6.63. The molecule has 0 saturated heterocycles. The van der Waals surface area contributed by atoms with Crippen molar-refractivity contribution in [2.45, 2.75) is 44.9 Å². The topological polar surface area (TPSA) is 76.9 Å². The predicted molar refractivity (Wildman–Crippen MR) is 122 cm³/mol. The second-order valence-electron chi connectivity index (χ2n) is 7.45. The van der Waals surface area contributed by atoms with Crippen molar-refractivity contribution < 1.29 is 4.79 Å². The lowest BCUT2D eigenvalue weighted by Gasteiger charge is -2.18. The van der Waals surface area contributed by atoms with Gasteiger partial charge in [-0.1, -0.05) is 56.3 Å². The highest BCUT2D eigenvalue weighted by Crippen LogP contribution is 2.21. The number of fused-ring (bicyclic) bond motifs is 1. The van der Waals surface area contributed by atoms with Crippen molar-refractivity contribution in [1.82, 2.24) is 19.9 Å². The number of hydrogen-bond donors (Lipinski definition) is 1. The molecule has 2 heterocycles. The Hall–Kier alpha value is -2.38. The Kier molecular flexibility index (Phi) is 7.50. The zero-order chi connectivity index (χ0) is 21.7. The minimum absolute atomic E-state index is 0.0977. The van der Waals surface area contributed by atoms with Gasteiger partial charge in [0.1, 0.15) is 0 Å². The molecule has 0 fully saturated rings. The third-order valence-electron chi connectivity index (χ3n) is 4.59. The van der Waals surface area contributed by atoms with Crippen LogP contribution in [0.3, 0.4) is 0 Å². The molecule has 1 atom stereocenters. The molecule has 3 aromatic rings. The summed E-state index contributed by atoms with van der Waals surface area (Å²) in [7, 11) is 0. The van der Waals surface area contributed by atoms with Crippen molar-refractivity contribution in [2.24, 2.45) is 5.92 Å². The Balaban J connectivity index is 1.77.